The number of carbonyl (C=O) groups excluding carboxylic acids is 1. The Bertz CT molecular complexity index is 769. The average Bonchev–Trinajstić information content (AvgIpc) is 3.21. The molecular weight excluding hydrogens is 304 g/mol. The lowest BCUT2D eigenvalue weighted by Gasteiger charge is -2.29. The first-order valence-corrected chi connectivity index (χ1v) is 8.22. The maximum absolute atomic E-state index is 12.1. The number of rotatable bonds is 4. The lowest BCUT2D eigenvalue weighted by atomic mass is 9.95. The third kappa shape index (κ3) is 2.53. The Morgan fingerprint density at radius 1 is 1.33 bits per heavy atom. The molecule has 2 atom stereocenters. The molecule has 0 bridgehead atoms. The van der Waals surface area contributed by atoms with Crippen molar-refractivity contribution < 1.29 is 9.53 Å². The second-order valence-corrected chi connectivity index (χ2v) is 6.23. The monoisotopic (exact) mass is 324 g/mol. The molecule has 2 aliphatic heterocycles. The van der Waals surface area contributed by atoms with E-state index in [1.165, 1.54) is 0 Å². The molecule has 4 rings (SSSR count). The van der Waals surface area contributed by atoms with Crippen LogP contribution in [0.25, 0.3) is 5.69 Å². The highest BCUT2D eigenvalue weighted by Crippen LogP contribution is 2.37. The Kier molecular flexibility index (Phi) is 3.90. The zero-order valence-electron chi connectivity index (χ0n) is 13.6. The molecule has 4 heterocycles. The summed E-state index contributed by atoms with van der Waals surface area (Å²) in [5.74, 6) is 1.36. The number of aromatic nitrogens is 3. The lowest BCUT2D eigenvalue weighted by Crippen LogP contribution is -2.38. The number of pyridine rings is 1. The van der Waals surface area contributed by atoms with Crippen molar-refractivity contribution >= 4 is 5.91 Å². The molecule has 1 amide bonds. The van der Waals surface area contributed by atoms with Crippen molar-refractivity contribution in [2.75, 3.05) is 13.7 Å². The molecule has 0 saturated carbocycles. The summed E-state index contributed by atoms with van der Waals surface area (Å²) in [7, 11) is 1.67. The fourth-order valence-electron chi connectivity index (χ4n) is 3.76. The van der Waals surface area contributed by atoms with Crippen LogP contribution in [0.1, 0.15) is 30.3 Å². The molecule has 1 saturated heterocycles. The van der Waals surface area contributed by atoms with E-state index in [1.807, 2.05) is 29.3 Å². The van der Waals surface area contributed by atoms with Gasteiger partial charge in [0.05, 0.1) is 12.3 Å². The highest BCUT2D eigenvalue weighted by atomic mass is 16.5. The van der Waals surface area contributed by atoms with Gasteiger partial charge < -0.3 is 14.2 Å². The molecule has 0 radical (unpaired) electrons. The van der Waals surface area contributed by atoms with Crippen molar-refractivity contribution in [3.63, 3.8) is 0 Å². The quantitative estimate of drug-likeness (QED) is 0.864. The van der Waals surface area contributed by atoms with Crippen LogP contribution in [-0.4, -0.2) is 45.0 Å². The van der Waals surface area contributed by atoms with Crippen LogP contribution in [-0.2, 0) is 16.1 Å². The van der Waals surface area contributed by atoms with Gasteiger partial charge in [0.25, 0.3) is 0 Å². The molecule has 124 valence electrons. The maximum Gasteiger partial charge on any atom is 0.246 e. The first-order valence-electron chi connectivity index (χ1n) is 8.22. The van der Waals surface area contributed by atoms with E-state index >= 15 is 0 Å². The number of hydrogen-bond acceptors (Lipinski definition) is 4. The van der Waals surface area contributed by atoms with E-state index in [1.54, 1.807) is 25.6 Å². The minimum Gasteiger partial charge on any atom is -0.378 e. The van der Waals surface area contributed by atoms with Crippen LogP contribution in [0, 0.1) is 0 Å². The highest BCUT2D eigenvalue weighted by Gasteiger charge is 2.40. The number of fused-ring (bicyclic) bond motifs is 1. The van der Waals surface area contributed by atoms with Gasteiger partial charge in [-0.25, -0.2) is 4.98 Å². The molecule has 0 N–H and O–H groups in total. The number of carbonyl (C=O) groups is 1. The molecule has 2 unspecified atom stereocenters. The standard InChI is InChI=1S/C18H20N4O2/c1-24-12-13-11-22(14-5-8-19-9-6-14)18(20-13)15-7-10-21-16(15)3-2-4-17(21)23/h2,4-6,8-9,11,15-16H,3,7,10,12H2,1H3. The number of hydrogen-bond donors (Lipinski definition) is 0. The number of methoxy groups -OCH3 is 1. The summed E-state index contributed by atoms with van der Waals surface area (Å²) in [5.41, 5.74) is 1.94. The van der Waals surface area contributed by atoms with Crippen molar-refractivity contribution in [2.45, 2.75) is 31.4 Å². The fourth-order valence-corrected chi connectivity index (χ4v) is 3.76. The van der Waals surface area contributed by atoms with E-state index in [-0.39, 0.29) is 17.9 Å². The zero-order valence-corrected chi connectivity index (χ0v) is 13.6. The van der Waals surface area contributed by atoms with E-state index in [9.17, 15) is 4.79 Å². The van der Waals surface area contributed by atoms with Gasteiger partial charge in [-0.1, -0.05) is 6.08 Å². The van der Waals surface area contributed by atoms with Crippen molar-refractivity contribution in [1.82, 2.24) is 19.4 Å². The molecule has 24 heavy (non-hydrogen) atoms. The predicted molar refractivity (Wildman–Crippen MR) is 88.7 cm³/mol. The minimum atomic E-state index is 0.118. The Labute approximate surface area is 140 Å². The molecule has 6 nitrogen and oxygen atoms in total. The Morgan fingerprint density at radius 2 is 2.17 bits per heavy atom. The Balaban J connectivity index is 1.74. The SMILES string of the molecule is COCc1cn(-c2ccncc2)c(C2CCN3C(=O)C=CCC23)n1. The fraction of sp³-hybridized carbons (Fsp3) is 0.389. The normalized spacial score (nSPS) is 22.9. The van der Waals surface area contributed by atoms with E-state index in [2.05, 4.69) is 9.55 Å². The summed E-state index contributed by atoms with van der Waals surface area (Å²) in [6.07, 6.45) is 11.1. The first-order chi connectivity index (χ1) is 11.8. The van der Waals surface area contributed by atoms with Gasteiger partial charge in [0.15, 0.2) is 0 Å². The summed E-state index contributed by atoms with van der Waals surface area (Å²) in [5, 5.41) is 0. The largest absolute Gasteiger partial charge is 0.378 e. The van der Waals surface area contributed by atoms with Crippen molar-refractivity contribution in [2.24, 2.45) is 0 Å². The molecular formula is C18H20N4O2. The first kappa shape index (κ1) is 15.1. The van der Waals surface area contributed by atoms with E-state index in [0.717, 1.165) is 36.6 Å². The van der Waals surface area contributed by atoms with Crippen LogP contribution in [0.4, 0.5) is 0 Å². The molecule has 0 aliphatic carbocycles. The molecule has 1 fully saturated rings. The third-order valence-electron chi connectivity index (χ3n) is 4.81. The van der Waals surface area contributed by atoms with Crippen LogP contribution in [0.15, 0.2) is 42.9 Å². The molecule has 2 aromatic rings. The van der Waals surface area contributed by atoms with Gasteiger partial charge in [-0.15, -0.1) is 0 Å². The van der Waals surface area contributed by atoms with E-state index in [4.69, 9.17) is 9.72 Å². The molecule has 2 aromatic heterocycles. The second kappa shape index (κ2) is 6.20. The summed E-state index contributed by atoms with van der Waals surface area (Å²) in [6.45, 7) is 1.27. The van der Waals surface area contributed by atoms with Crippen LogP contribution in [0.3, 0.4) is 0 Å². The van der Waals surface area contributed by atoms with Gasteiger partial charge >= 0.3 is 0 Å². The number of ether oxygens (including phenoxy) is 1. The van der Waals surface area contributed by atoms with Crippen LogP contribution in [0.5, 0.6) is 0 Å². The van der Waals surface area contributed by atoms with E-state index < -0.39 is 0 Å². The third-order valence-corrected chi connectivity index (χ3v) is 4.81. The van der Waals surface area contributed by atoms with Crippen LogP contribution >= 0.6 is 0 Å². The maximum atomic E-state index is 12.1. The van der Waals surface area contributed by atoms with Crippen molar-refractivity contribution in [3.05, 3.63) is 54.4 Å². The number of amides is 1. The highest BCUT2D eigenvalue weighted by molar-refractivity contribution is 5.89. The predicted octanol–water partition coefficient (Wildman–Crippen LogP) is 2.06. The van der Waals surface area contributed by atoms with Gasteiger partial charge in [0.2, 0.25) is 5.91 Å². The van der Waals surface area contributed by atoms with Crippen molar-refractivity contribution in [1.29, 1.82) is 0 Å². The molecule has 6 heteroatoms. The smallest absolute Gasteiger partial charge is 0.246 e. The minimum absolute atomic E-state index is 0.118. The number of imidazole rings is 1. The van der Waals surface area contributed by atoms with E-state index in [0.29, 0.717) is 6.61 Å². The lowest BCUT2D eigenvalue weighted by molar-refractivity contribution is -0.127. The number of nitrogens with zero attached hydrogens (tertiary/aromatic N) is 4. The zero-order chi connectivity index (χ0) is 16.5. The summed E-state index contributed by atoms with van der Waals surface area (Å²) in [4.78, 5) is 23.0. The average molecular weight is 324 g/mol. The second-order valence-electron chi connectivity index (χ2n) is 6.23. The topological polar surface area (TPSA) is 60.2 Å². The van der Waals surface area contributed by atoms with Crippen LogP contribution < -0.4 is 0 Å². The Morgan fingerprint density at radius 3 is 2.96 bits per heavy atom. The van der Waals surface area contributed by atoms with Gasteiger partial charge in [-0.2, -0.15) is 0 Å². The summed E-state index contributed by atoms with van der Waals surface area (Å²) < 4.78 is 7.37. The molecule has 2 aliphatic rings. The molecule has 0 spiro atoms. The van der Waals surface area contributed by atoms with Gasteiger partial charge in [0.1, 0.15) is 5.82 Å². The van der Waals surface area contributed by atoms with Crippen molar-refractivity contribution in [3.8, 4) is 5.69 Å². The summed E-state index contributed by atoms with van der Waals surface area (Å²) >= 11 is 0. The van der Waals surface area contributed by atoms with Gasteiger partial charge in [0, 0.05) is 49.9 Å². The summed E-state index contributed by atoms with van der Waals surface area (Å²) in [6, 6.07) is 4.14. The van der Waals surface area contributed by atoms with Crippen LogP contribution in [0.2, 0.25) is 0 Å². The Hall–Kier alpha value is -2.47. The van der Waals surface area contributed by atoms with Gasteiger partial charge in [-0.3, -0.25) is 9.78 Å². The molecule has 0 aromatic carbocycles. The van der Waals surface area contributed by atoms with Gasteiger partial charge in [-0.05, 0) is 31.1 Å².